The highest BCUT2D eigenvalue weighted by atomic mass is 127. The molecule has 0 saturated carbocycles. The van der Waals surface area contributed by atoms with Gasteiger partial charge in [0.2, 0.25) is 0 Å². The summed E-state index contributed by atoms with van der Waals surface area (Å²) in [5, 5.41) is 0.724. The highest BCUT2D eigenvalue weighted by molar-refractivity contribution is 14.1. The molecule has 1 aromatic heterocycles. The maximum Gasteiger partial charge on any atom is 0.359 e. The molecule has 0 radical (unpaired) electrons. The van der Waals surface area contributed by atoms with E-state index in [1.54, 1.807) is 29.8 Å². The molecule has 6 nitrogen and oxygen atoms in total. The number of aromatic nitrogens is 2. The molecule has 140 valence electrons. The molecule has 3 heterocycles. The van der Waals surface area contributed by atoms with Crippen molar-refractivity contribution in [1.29, 1.82) is 0 Å². The van der Waals surface area contributed by atoms with E-state index in [-0.39, 0.29) is 28.2 Å². The molecule has 2 unspecified atom stereocenters. The first-order valence-electron chi connectivity index (χ1n) is 8.51. The molecule has 1 aromatic carbocycles. The van der Waals surface area contributed by atoms with Crippen LogP contribution in [-0.4, -0.2) is 51.5 Å². The zero-order valence-electron chi connectivity index (χ0n) is 14.7. The van der Waals surface area contributed by atoms with Gasteiger partial charge in [-0.05, 0) is 20.9 Å². The minimum atomic E-state index is -0.508. The van der Waals surface area contributed by atoms with Crippen molar-refractivity contribution in [2.45, 2.75) is 32.4 Å². The van der Waals surface area contributed by atoms with Crippen LogP contribution in [0.3, 0.4) is 0 Å². The van der Waals surface area contributed by atoms with Crippen LogP contribution in [0.15, 0.2) is 4.79 Å². The first-order valence-corrected chi connectivity index (χ1v) is 9.85. The molecule has 0 N–H and O–H groups in total. The largest absolute Gasteiger partial charge is 0.491 e. The second-order valence-corrected chi connectivity index (χ2v) is 8.42. The van der Waals surface area contributed by atoms with Crippen molar-refractivity contribution in [2.24, 2.45) is 0 Å². The summed E-state index contributed by atoms with van der Waals surface area (Å²) in [6.45, 7) is 5.84. The summed E-state index contributed by atoms with van der Waals surface area (Å²) >= 11 is 8.21. The Bertz CT molecular complexity index is 966. The van der Waals surface area contributed by atoms with Gasteiger partial charge in [-0.25, -0.2) is 12.0 Å². The molecular weight excluding hydrogens is 474 g/mol. The SMILES string of the molecule is Cc1c(Cl)c2c3c(nc(=O)n(I)c3c1F)N1C(C)CN(C)CC1CCO2. The van der Waals surface area contributed by atoms with Crippen molar-refractivity contribution in [3.8, 4) is 5.75 Å². The van der Waals surface area contributed by atoms with Crippen LogP contribution in [0.5, 0.6) is 5.75 Å². The summed E-state index contributed by atoms with van der Waals surface area (Å²) in [6.07, 6.45) is 0.775. The number of rotatable bonds is 0. The first-order chi connectivity index (χ1) is 12.3. The van der Waals surface area contributed by atoms with Crippen molar-refractivity contribution in [3.05, 3.63) is 26.9 Å². The van der Waals surface area contributed by atoms with Crippen LogP contribution in [0.1, 0.15) is 18.9 Å². The molecule has 4 rings (SSSR count). The van der Waals surface area contributed by atoms with Gasteiger partial charge in [0.05, 0.1) is 39.9 Å². The monoisotopic (exact) mass is 492 g/mol. The highest BCUT2D eigenvalue weighted by Gasteiger charge is 2.36. The molecular formula is C17H19ClFIN4O2. The molecule has 26 heavy (non-hydrogen) atoms. The van der Waals surface area contributed by atoms with Crippen molar-refractivity contribution >= 4 is 51.2 Å². The Morgan fingerprint density at radius 2 is 2.12 bits per heavy atom. The molecule has 0 bridgehead atoms. The maximum atomic E-state index is 15.1. The molecule has 0 aliphatic carbocycles. The average molecular weight is 493 g/mol. The minimum absolute atomic E-state index is 0.132. The van der Waals surface area contributed by atoms with Gasteiger partial charge in [-0.3, -0.25) is 0 Å². The predicted octanol–water partition coefficient (Wildman–Crippen LogP) is 2.99. The van der Waals surface area contributed by atoms with E-state index in [1.807, 2.05) is 0 Å². The smallest absolute Gasteiger partial charge is 0.359 e. The Morgan fingerprint density at radius 1 is 1.38 bits per heavy atom. The average Bonchev–Trinajstić information content (AvgIpc) is 2.56. The number of anilines is 1. The van der Waals surface area contributed by atoms with E-state index >= 15 is 4.39 Å². The fourth-order valence-corrected chi connectivity index (χ4v) is 4.89. The van der Waals surface area contributed by atoms with E-state index in [0.717, 1.165) is 19.5 Å². The van der Waals surface area contributed by atoms with Gasteiger partial charge in [0, 0.05) is 37.2 Å². The van der Waals surface area contributed by atoms with Gasteiger partial charge >= 0.3 is 5.69 Å². The van der Waals surface area contributed by atoms with E-state index < -0.39 is 11.5 Å². The fourth-order valence-electron chi connectivity index (χ4n) is 4.10. The topological polar surface area (TPSA) is 50.6 Å². The Morgan fingerprint density at radius 3 is 2.85 bits per heavy atom. The van der Waals surface area contributed by atoms with Crippen LogP contribution < -0.4 is 15.3 Å². The van der Waals surface area contributed by atoms with Crippen molar-refractivity contribution in [1.82, 2.24) is 12.7 Å². The zero-order valence-corrected chi connectivity index (χ0v) is 17.6. The standard InChI is InChI=1S/C17H19ClFIN4O2/c1-8-6-22(3)7-10-4-5-26-15-11-14(13(19)9(2)12(15)18)24(20)17(25)21-16(11)23(8)10/h8,10H,4-7H2,1-3H3. The lowest BCUT2D eigenvalue weighted by molar-refractivity contribution is 0.201. The molecule has 2 aliphatic rings. The van der Waals surface area contributed by atoms with Gasteiger partial charge in [-0.2, -0.15) is 4.98 Å². The van der Waals surface area contributed by atoms with Crippen LogP contribution in [0.2, 0.25) is 5.02 Å². The van der Waals surface area contributed by atoms with E-state index in [9.17, 15) is 4.79 Å². The summed E-state index contributed by atoms with van der Waals surface area (Å²) in [5.41, 5.74) is -0.0333. The normalized spacial score (nSPS) is 23.4. The van der Waals surface area contributed by atoms with Crippen LogP contribution in [0.25, 0.3) is 10.9 Å². The number of likely N-dealkylation sites (N-methyl/N-ethyl adjacent to an activating group) is 1. The molecule has 0 amide bonds. The maximum absolute atomic E-state index is 15.1. The third kappa shape index (κ3) is 2.60. The van der Waals surface area contributed by atoms with Gasteiger partial charge in [0.25, 0.3) is 0 Å². The molecule has 2 aliphatic heterocycles. The number of halogens is 3. The summed E-state index contributed by atoms with van der Waals surface area (Å²) in [7, 11) is 2.08. The lowest BCUT2D eigenvalue weighted by atomic mass is 10.0. The molecule has 1 fully saturated rings. The summed E-state index contributed by atoms with van der Waals surface area (Å²) in [6, 6.07) is 0.271. The molecule has 2 atom stereocenters. The molecule has 9 heteroatoms. The number of ether oxygens (including phenoxy) is 1. The number of fused-ring (bicyclic) bond motifs is 2. The fraction of sp³-hybridized carbons (Fsp3) is 0.529. The van der Waals surface area contributed by atoms with E-state index in [1.165, 1.54) is 2.78 Å². The quantitative estimate of drug-likeness (QED) is 0.529. The Balaban J connectivity index is 2.12. The Hall–Kier alpha value is -1.13. The van der Waals surface area contributed by atoms with Crippen molar-refractivity contribution < 1.29 is 9.13 Å². The second-order valence-electron chi connectivity index (χ2n) is 7.07. The third-order valence-corrected chi connectivity index (χ3v) is 6.58. The van der Waals surface area contributed by atoms with Gasteiger partial charge in [-0.1, -0.05) is 11.6 Å². The van der Waals surface area contributed by atoms with Crippen LogP contribution in [0.4, 0.5) is 10.2 Å². The number of hydrogen-bond donors (Lipinski definition) is 0. The van der Waals surface area contributed by atoms with E-state index in [0.29, 0.717) is 23.6 Å². The number of benzene rings is 1. The molecule has 0 spiro atoms. The van der Waals surface area contributed by atoms with Crippen molar-refractivity contribution in [2.75, 3.05) is 31.6 Å². The molecule has 2 aromatic rings. The van der Waals surface area contributed by atoms with Crippen molar-refractivity contribution in [3.63, 3.8) is 0 Å². The summed E-state index contributed by atoms with van der Waals surface area (Å²) in [4.78, 5) is 21.2. The van der Waals surface area contributed by atoms with Crippen LogP contribution in [-0.2, 0) is 0 Å². The minimum Gasteiger partial charge on any atom is -0.491 e. The third-order valence-electron chi connectivity index (χ3n) is 5.23. The predicted molar refractivity (Wildman–Crippen MR) is 108 cm³/mol. The summed E-state index contributed by atoms with van der Waals surface area (Å²) < 4.78 is 22.3. The Labute approximate surface area is 169 Å². The van der Waals surface area contributed by atoms with Gasteiger partial charge in [-0.15, -0.1) is 0 Å². The first kappa shape index (κ1) is 18.2. The summed E-state index contributed by atoms with van der Waals surface area (Å²) in [5.74, 6) is 0.378. The van der Waals surface area contributed by atoms with Gasteiger partial charge in [0.15, 0.2) is 11.6 Å². The zero-order chi connectivity index (χ0) is 18.7. The van der Waals surface area contributed by atoms with E-state index in [2.05, 4.69) is 28.8 Å². The van der Waals surface area contributed by atoms with Gasteiger partial charge in [0.1, 0.15) is 11.3 Å². The van der Waals surface area contributed by atoms with Gasteiger partial charge < -0.3 is 14.5 Å². The molecule has 1 saturated heterocycles. The van der Waals surface area contributed by atoms with Crippen LogP contribution in [0, 0.1) is 12.7 Å². The number of piperazine rings is 1. The number of nitrogens with zero attached hydrogens (tertiary/aromatic N) is 4. The van der Waals surface area contributed by atoms with E-state index in [4.69, 9.17) is 16.3 Å². The Kier molecular flexibility index (Phi) is 4.55. The lowest BCUT2D eigenvalue weighted by Crippen LogP contribution is -2.58. The lowest BCUT2D eigenvalue weighted by Gasteiger charge is -2.46. The number of hydrogen-bond acceptors (Lipinski definition) is 5. The second kappa shape index (κ2) is 6.49. The van der Waals surface area contributed by atoms with Crippen LogP contribution >= 0.6 is 34.5 Å². The highest BCUT2D eigenvalue weighted by Crippen LogP contribution is 2.44.